The molecule has 0 fully saturated rings. The molecule has 0 saturated carbocycles. The Labute approximate surface area is 145 Å². The lowest BCUT2D eigenvalue weighted by Crippen LogP contribution is -2.42. The van der Waals surface area contributed by atoms with Crippen molar-refractivity contribution >= 4 is 40.4 Å². The Morgan fingerprint density at radius 2 is 2.13 bits per heavy atom. The van der Waals surface area contributed by atoms with E-state index in [9.17, 15) is 13.6 Å². The normalized spacial score (nSPS) is 11.5. The van der Waals surface area contributed by atoms with Crippen molar-refractivity contribution in [2.75, 3.05) is 13.1 Å². The van der Waals surface area contributed by atoms with Crippen molar-refractivity contribution in [3.63, 3.8) is 0 Å². The van der Waals surface area contributed by atoms with Crippen LogP contribution in [0.2, 0.25) is 10.0 Å². The molecule has 0 aliphatic carbocycles. The number of aromatic nitrogens is 1. The summed E-state index contributed by atoms with van der Waals surface area (Å²) in [6.07, 6.45) is -0.0949. The third kappa shape index (κ3) is 5.10. The largest absolute Gasteiger partial charge is 0.350 e. The van der Waals surface area contributed by atoms with E-state index in [1.54, 1.807) is 23.6 Å². The number of nitrogens with one attached hydrogen (secondary N) is 1. The van der Waals surface area contributed by atoms with Gasteiger partial charge in [-0.2, -0.15) is 0 Å². The molecule has 0 unspecified atom stereocenters. The van der Waals surface area contributed by atoms with E-state index >= 15 is 0 Å². The molecule has 0 aliphatic rings. The molecule has 124 valence electrons. The monoisotopic (exact) mass is 379 g/mol. The molecule has 0 spiro atoms. The van der Waals surface area contributed by atoms with Gasteiger partial charge in [0.2, 0.25) is 5.91 Å². The highest BCUT2D eigenvalue weighted by Crippen LogP contribution is 2.32. The molecule has 0 aliphatic heterocycles. The average Bonchev–Trinajstić information content (AvgIpc) is 2.93. The fourth-order valence-electron chi connectivity index (χ4n) is 1.70. The maximum atomic E-state index is 13.0. The number of benzene rings is 1. The summed E-state index contributed by atoms with van der Waals surface area (Å²) in [5, 5.41) is 5.41. The number of nitrogens with zero attached hydrogens (tertiary/aromatic N) is 1. The number of nitrogens with two attached hydrogens (primary N) is 1. The van der Waals surface area contributed by atoms with Crippen molar-refractivity contribution in [2.45, 2.75) is 12.3 Å². The quantitative estimate of drug-likeness (QED) is 0.808. The summed E-state index contributed by atoms with van der Waals surface area (Å²) in [5.74, 6) is -3.66. The molecule has 0 bridgehead atoms. The van der Waals surface area contributed by atoms with Gasteiger partial charge in [0.25, 0.3) is 5.92 Å². The molecule has 2 rings (SSSR count). The van der Waals surface area contributed by atoms with Gasteiger partial charge < -0.3 is 11.1 Å². The van der Waals surface area contributed by atoms with E-state index in [0.29, 0.717) is 26.3 Å². The first kappa shape index (κ1) is 18.1. The molecule has 1 heterocycles. The number of amides is 1. The van der Waals surface area contributed by atoms with E-state index < -0.39 is 24.9 Å². The zero-order chi connectivity index (χ0) is 17.0. The van der Waals surface area contributed by atoms with Gasteiger partial charge in [-0.15, -0.1) is 11.3 Å². The third-order valence-corrected chi connectivity index (χ3v) is 4.37. The van der Waals surface area contributed by atoms with Gasteiger partial charge in [0.05, 0.1) is 30.2 Å². The minimum absolute atomic E-state index is 0.0949. The molecule has 1 aromatic heterocycles. The van der Waals surface area contributed by atoms with E-state index in [2.05, 4.69) is 10.3 Å². The van der Waals surface area contributed by atoms with Crippen LogP contribution < -0.4 is 11.1 Å². The first-order chi connectivity index (χ1) is 10.8. The van der Waals surface area contributed by atoms with Crippen LogP contribution in [0.3, 0.4) is 0 Å². The predicted molar refractivity (Wildman–Crippen MR) is 88.3 cm³/mol. The van der Waals surface area contributed by atoms with Crippen LogP contribution in [0.5, 0.6) is 0 Å². The molecule has 4 nitrogen and oxygen atoms in total. The van der Waals surface area contributed by atoms with Crippen molar-refractivity contribution in [3.05, 3.63) is 39.3 Å². The molecular formula is C14H13Cl2F2N3OS. The van der Waals surface area contributed by atoms with Crippen LogP contribution in [-0.2, 0) is 11.2 Å². The van der Waals surface area contributed by atoms with Crippen molar-refractivity contribution in [1.29, 1.82) is 0 Å². The van der Waals surface area contributed by atoms with Gasteiger partial charge >= 0.3 is 0 Å². The van der Waals surface area contributed by atoms with Crippen LogP contribution in [0.25, 0.3) is 10.6 Å². The summed E-state index contributed by atoms with van der Waals surface area (Å²) in [6, 6.07) is 5.02. The second kappa shape index (κ2) is 7.53. The summed E-state index contributed by atoms with van der Waals surface area (Å²) < 4.78 is 26.0. The Balaban J connectivity index is 2.01. The van der Waals surface area contributed by atoms with E-state index in [4.69, 9.17) is 28.9 Å². The third-order valence-electron chi connectivity index (χ3n) is 2.90. The van der Waals surface area contributed by atoms with Gasteiger partial charge in [0.15, 0.2) is 0 Å². The standard InChI is InChI=1S/C14H13Cl2F2N3OS/c15-8-1-2-10(11(16)3-8)13-21-9(5-23-13)4-12(22)20-7-14(17,18)6-19/h1-3,5H,4,6-7,19H2,(H,20,22). The second-order valence-corrected chi connectivity index (χ2v) is 6.48. The Morgan fingerprint density at radius 3 is 2.78 bits per heavy atom. The Hall–Kier alpha value is -1.28. The smallest absolute Gasteiger partial charge is 0.277 e. The lowest BCUT2D eigenvalue weighted by atomic mass is 10.2. The summed E-state index contributed by atoms with van der Waals surface area (Å²) >= 11 is 13.2. The number of thiazole rings is 1. The first-order valence-corrected chi connectivity index (χ1v) is 8.19. The molecule has 9 heteroatoms. The second-order valence-electron chi connectivity index (χ2n) is 4.78. The van der Waals surface area contributed by atoms with Gasteiger partial charge in [-0.05, 0) is 18.2 Å². The molecule has 0 radical (unpaired) electrons. The number of hydrogen-bond donors (Lipinski definition) is 2. The van der Waals surface area contributed by atoms with Crippen LogP contribution in [0, 0.1) is 0 Å². The van der Waals surface area contributed by atoms with Crippen molar-refractivity contribution in [2.24, 2.45) is 5.73 Å². The Kier molecular flexibility index (Phi) is 5.91. The van der Waals surface area contributed by atoms with Gasteiger partial charge in [0, 0.05) is 16.0 Å². The number of halogens is 4. The zero-order valence-electron chi connectivity index (χ0n) is 11.8. The minimum atomic E-state index is -3.11. The van der Waals surface area contributed by atoms with Crippen LogP contribution in [-0.4, -0.2) is 29.9 Å². The van der Waals surface area contributed by atoms with Crippen LogP contribution >= 0.6 is 34.5 Å². The highest BCUT2D eigenvalue weighted by atomic mass is 35.5. The highest BCUT2D eigenvalue weighted by molar-refractivity contribution is 7.13. The molecular weight excluding hydrogens is 367 g/mol. The minimum Gasteiger partial charge on any atom is -0.350 e. The van der Waals surface area contributed by atoms with E-state index in [1.165, 1.54) is 11.3 Å². The SMILES string of the molecule is NCC(F)(F)CNC(=O)Cc1csc(-c2ccc(Cl)cc2Cl)n1. The fraction of sp³-hybridized carbons (Fsp3) is 0.286. The maximum absolute atomic E-state index is 13.0. The summed E-state index contributed by atoms with van der Waals surface area (Å²) in [5.41, 5.74) is 6.08. The van der Waals surface area contributed by atoms with Crippen LogP contribution in [0.4, 0.5) is 8.78 Å². The molecule has 2 aromatic rings. The molecule has 23 heavy (non-hydrogen) atoms. The number of rotatable bonds is 6. The first-order valence-electron chi connectivity index (χ1n) is 6.55. The van der Waals surface area contributed by atoms with Gasteiger partial charge in [0.1, 0.15) is 5.01 Å². The molecule has 3 N–H and O–H groups in total. The number of alkyl halides is 2. The zero-order valence-corrected chi connectivity index (χ0v) is 14.1. The van der Waals surface area contributed by atoms with Crippen LogP contribution in [0.1, 0.15) is 5.69 Å². The van der Waals surface area contributed by atoms with Gasteiger partial charge in [-0.25, -0.2) is 13.8 Å². The Morgan fingerprint density at radius 1 is 1.39 bits per heavy atom. The van der Waals surface area contributed by atoms with E-state index in [-0.39, 0.29) is 6.42 Å². The predicted octanol–water partition coefficient (Wildman–Crippen LogP) is 3.37. The molecule has 0 saturated heterocycles. The summed E-state index contributed by atoms with van der Waals surface area (Å²) in [6.45, 7) is -1.61. The Bertz CT molecular complexity index is 709. The van der Waals surface area contributed by atoms with E-state index in [0.717, 1.165) is 0 Å². The number of hydrogen-bond acceptors (Lipinski definition) is 4. The van der Waals surface area contributed by atoms with Gasteiger partial charge in [-0.1, -0.05) is 23.2 Å². The van der Waals surface area contributed by atoms with Crippen LogP contribution in [0.15, 0.2) is 23.6 Å². The van der Waals surface area contributed by atoms with Crippen molar-refractivity contribution in [3.8, 4) is 10.6 Å². The molecule has 1 aromatic carbocycles. The summed E-state index contributed by atoms with van der Waals surface area (Å²) in [7, 11) is 0. The fourth-order valence-corrected chi connectivity index (χ4v) is 3.11. The maximum Gasteiger partial charge on any atom is 0.277 e. The molecule has 1 amide bonds. The molecule has 0 atom stereocenters. The van der Waals surface area contributed by atoms with Crippen molar-refractivity contribution < 1.29 is 13.6 Å². The number of carbonyl (C=O) groups excluding carboxylic acids is 1. The topological polar surface area (TPSA) is 68.0 Å². The van der Waals surface area contributed by atoms with Crippen molar-refractivity contribution in [1.82, 2.24) is 10.3 Å². The highest BCUT2D eigenvalue weighted by Gasteiger charge is 2.27. The van der Waals surface area contributed by atoms with E-state index in [1.807, 2.05) is 0 Å². The lowest BCUT2D eigenvalue weighted by molar-refractivity contribution is -0.122. The summed E-state index contributed by atoms with van der Waals surface area (Å²) in [4.78, 5) is 16.0. The average molecular weight is 380 g/mol. The van der Waals surface area contributed by atoms with Gasteiger partial charge in [-0.3, -0.25) is 4.79 Å². The number of carbonyl (C=O) groups is 1. The lowest BCUT2D eigenvalue weighted by Gasteiger charge is -2.14.